The molecule has 5 atom stereocenters. The monoisotopic (exact) mass is 542 g/mol. The van der Waals surface area contributed by atoms with Crippen molar-refractivity contribution in [2.45, 2.75) is 51.2 Å². The van der Waals surface area contributed by atoms with Crippen molar-refractivity contribution in [3.05, 3.63) is 98.0 Å². The zero-order valence-electron chi connectivity index (χ0n) is 22.9. The number of hydrogen-bond donors (Lipinski definition) is 1. The van der Waals surface area contributed by atoms with E-state index in [-0.39, 0.29) is 51.9 Å². The summed E-state index contributed by atoms with van der Waals surface area (Å²) in [4.78, 5) is 40.5. The van der Waals surface area contributed by atoms with Crippen molar-refractivity contribution in [1.29, 1.82) is 0 Å². The summed E-state index contributed by atoms with van der Waals surface area (Å²) in [5.41, 5.74) is 3.82. The molecule has 0 unspecified atom stereocenters. The molecule has 0 saturated carbocycles. The Balaban J connectivity index is 1.38. The number of amides is 1. The molecule has 1 saturated heterocycles. The molecule has 0 aliphatic carbocycles. The number of aromatic nitrogens is 1. The largest absolute Gasteiger partial charge is 0.497 e. The van der Waals surface area contributed by atoms with E-state index in [9.17, 15) is 19.7 Å². The number of non-ortho nitro benzene ring substituents is 1. The molecule has 4 heterocycles. The van der Waals surface area contributed by atoms with E-state index in [1.54, 1.807) is 25.3 Å². The van der Waals surface area contributed by atoms with E-state index in [1.807, 2.05) is 47.0 Å². The van der Waals surface area contributed by atoms with Gasteiger partial charge in [-0.2, -0.15) is 0 Å². The highest BCUT2D eigenvalue weighted by atomic mass is 16.6. The van der Waals surface area contributed by atoms with Crippen LogP contribution in [0.25, 0.3) is 0 Å². The number of ether oxygens (including phenoxy) is 1. The molecule has 1 N–H and O–H groups in total. The van der Waals surface area contributed by atoms with Gasteiger partial charge in [0.1, 0.15) is 5.75 Å². The fourth-order valence-corrected chi connectivity index (χ4v) is 7.16. The number of anilines is 1. The molecule has 1 aromatic heterocycles. The van der Waals surface area contributed by atoms with Crippen LogP contribution >= 0.6 is 0 Å². The van der Waals surface area contributed by atoms with E-state index in [1.165, 1.54) is 0 Å². The van der Waals surface area contributed by atoms with Crippen LogP contribution in [-0.2, 0) is 17.8 Å². The highest BCUT2D eigenvalue weighted by Gasteiger charge is 2.49. The summed E-state index contributed by atoms with van der Waals surface area (Å²) in [5.74, 6) is 0.664. The number of nitrogens with zero attached hydrogens (tertiary/aromatic N) is 3. The lowest BCUT2D eigenvalue weighted by Gasteiger charge is -2.54. The maximum absolute atomic E-state index is 14.2. The van der Waals surface area contributed by atoms with Gasteiger partial charge in [0.05, 0.1) is 24.0 Å². The molecule has 208 valence electrons. The second-order valence-electron chi connectivity index (χ2n) is 11.6. The van der Waals surface area contributed by atoms with Crippen LogP contribution in [0.5, 0.6) is 5.75 Å². The van der Waals surface area contributed by atoms with Gasteiger partial charge < -0.3 is 19.5 Å². The number of piperidine rings is 1. The quantitative estimate of drug-likeness (QED) is 0.365. The lowest BCUT2D eigenvalue weighted by atomic mass is 9.70. The van der Waals surface area contributed by atoms with E-state index in [0.717, 1.165) is 34.7 Å². The third kappa shape index (κ3) is 4.43. The van der Waals surface area contributed by atoms with Gasteiger partial charge >= 0.3 is 0 Å². The molecule has 9 heteroatoms. The van der Waals surface area contributed by atoms with Crippen LogP contribution in [-0.4, -0.2) is 35.1 Å². The average Bonchev–Trinajstić information content (AvgIpc) is 2.95. The van der Waals surface area contributed by atoms with Crippen LogP contribution in [0, 0.1) is 27.9 Å². The summed E-state index contributed by atoms with van der Waals surface area (Å²) in [6.07, 6.45) is 1.32. The van der Waals surface area contributed by atoms with E-state index in [2.05, 4.69) is 24.1 Å². The van der Waals surface area contributed by atoms with Crippen molar-refractivity contribution >= 4 is 17.3 Å². The third-order valence-corrected chi connectivity index (χ3v) is 8.98. The normalized spacial score (nSPS) is 23.4. The first-order chi connectivity index (χ1) is 19.2. The molecule has 1 fully saturated rings. The molecule has 9 nitrogen and oxygen atoms in total. The first-order valence-electron chi connectivity index (χ1n) is 13.9. The molecule has 0 spiro atoms. The van der Waals surface area contributed by atoms with Gasteiger partial charge in [-0.05, 0) is 60.1 Å². The van der Waals surface area contributed by atoms with E-state index in [4.69, 9.17) is 4.74 Å². The number of hydrogen-bond acceptors (Lipinski definition) is 6. The van der Waals surface area contributed by atoms with Crippen LogP contribution in [0.3, 0.4) is 0 Å². The number of carbonyl (C=O) groups excluding carboxylic acids is 1. The Bertz CT molecular complexity index is 1510. The highest BCUT2D eigenvalue weighted by molar-refractivity contribution is 5.83. The molecule has 1 amide bonds. The van der Waals surface area contributed by atoms with Crippen molar-refractivity contribution in [2.24, 2.45) is 17.8 Å². The zero-order chi connectivity index (χ0) is 28.1. The van der Waals surface area contributed by atoms with Gasteiger partial charge in [-0.1, -0.05) is 32.0 Å². The lowest BCUT2D eigenvalue weighted by Crippen LogP contribution is -2.61. The van der Waals surface area contributed by atoms with Gasteiger partial charge in [0, 0.05) is 54.6 Å². The SMILES string of the molecule is COc1ccc([C@H](NC(=O)[C@@H]2Cc3cc([N+](=O)[O-])ccc3N3C[C@H]4C[C@@H](Cn5c4cccc5=O)[C@@H]23)C(C)C)cc1. The Morgan fingerprint density at radius 1 is 1.10 bits per heavy atom. The van der Waals surface area contributed by atoms with Crippen LogP contribution in [0.4, 0.5) is 11.4 Å². The van der Waals surface area contributed by atoms with Gasteiger partial charge in [-0.3, -0.25) is 19.7 Å². The summed E-state index contributed by atoms with van der Waals surface area (Å²) in [6.45, 7) is 5.38. The molecule has 2 aromatic carbocycles. The van der Waals surface area contributed by atoms with Crippen molar-refractivity contribution in [3.8, 4) is 5.75 Å². The number of rotatable bonds is 6. The third-order valence-electron chi connectivity index (χ3n) is 8.98. The second kappa shape index (κ2) is 10.1. The second-order valence-corrected chi connectivity index (χ2v) is 11.6. The van der Waals surface area contributed by atoms with Gasteiger partial charge in [0.15, 0.2) is 0 Å². The predicted molar refractivity (Wildman–Crippen MR) is 152 cm³/mol. The Kier molecular flexibility index (Phi) is 6.60. The van der Waals surface area contributed by atoms with E-state index < -0.39 is 5.92 Å². The number of fused-ring (bicyclic) bond motifs is 8. The summed E-state index contributed by atoms with van der Waals surface area (Å²) in [7, 11) is 1.63. The van der Waals surface area contributed by atoms with Crippen LogP contribution in [0.1, 0.15) is 49.0 Å². The molecule has 2 bridgehead atoms. The summed E-state index contributed by atoms with van der Waals surface area (Å²) < 4.78 is 7.19. The number of pyridine rings is 1. The molecular formula is C31H34N4O5. The Morgan fingerprint density at radius 2 is 1.88 bits per heavy atom. The van der Waals surface area contributed by atoms with E-state index >= 15 is 0 Å². The topological polar surface area (TPSA) is 107 Å². The van der Waals surface area contributed by atoms with E-state index in [0.29, 0.717) is 19.5 Å². The lowest BCUT2D eigenvalue weighted by molar-refractivity contribution is -0.384. The molecule has 3 aliphatic rings. The zero-order valence-corrected chi connectivity index (χ0v) is 22.9. The smallest absolute Gasteiger partial charge is 0.269 e. The van der Waals surface area contributed by atoms with Gasteiger partial charge in [0.25, 0.3) is 11.2 Å². The summed E-state index contributed by atoms with van der Waals surface area (Å²) in [5, 5.41) is 14.9. The highest BCUT2D eigenvalue weighted by Crippen LogP contribution is 2.48. The first-order valence-corrected chi connectivity index (χ1v) is 13.9. The number of nitro groups is 1. The van der Waals surface area contributed by atoms with Gasteiger partial charge in [-0.15, -0.1) is 0 Å². The van der Waals surface area contributed by atoms with Crippen LogP contribution in [0.15, 0.2) is 65.5 Å². The summed E-state index contributed by atoms with van der Waals surface area (Å²) >= 11 is 0. The summed E-state index contributed by atoms with van der Waals surface area (Å²) in [6, 6.07) is 17.9. The maximum atomic E-state index is 14.2. The van der Waals surface area contributed by atoms with Gasteiger partial charge in [-0.25, -0.2) is 0 Å². The number of carbonyl (C=O) groups is 1. The molecule has 3 aliphatic heterocycles. The number of methoxy groups -OCH3 is 1. The molecule has 3 aromatic rings. The van der Waals surface area contributed by atoms with Crippen molar-refractivity contribution in [3.63, 3.8) is 0 Å². The van der Waals surface area contributed by atoms with Crippen LogP contribution in [0.2, 0.25) is 0 Å². The van der Waals surface area contributed by atoms with Crippen LogP contribution < -0.4 is 20.5 Å². The Morgan fingerprint density at radius 3 is 2.58 bits per heavy atom. The van der Waals surface area contributed by atoms with Crippen molar-refractivity contribution < 1.29 is 14.5 Å². The standard InChI is InChI=1S/C31H34N4O5/c1-18(2)29(19-7-10-24(40-3)11-8-19)32-31(37)25-15-20-14-23(35(38)39)9-12-27(20)34-16-21-13-22(30(25)34)17-33-26(21)5-4-6-28(33)36/h4-12,14,18,21-22,25,29-30H,13,15-17H2,1-3H3,(H,32,37)/t21-,22+,25-,29-,30+/m1/s1. The molecule has 0 radical (unpaired) electrons. The van der Waals surface area contributed by atoms with Crippen molar-refractivity contribution in [2.75, 3.05) is 18.6 Å². The minimum absolute atomic E-state index is 0.00661. The maximum Gasteiger partial charge on any atom is 0.269 e. The number of nitro benzene ring substituents is 1. The number of benzene rings is 2. The van der Waals surface area contributed by atoms with Gasteiger partial charge in [0.2, 0.25) is 5.91 Å². The minimum atomic E-state index is -0.416. The fourth-order valence-electron chi connectivity index (χ4n) is 7.16. The molecular weight excluding hydrogens is 508 g/mol. The fraction of sp³-hybridized carbons (Fsp3) is 0.419. The number of nitrogens with one attached hydrogen (secondary N) is 1. The molecule has 40 heavy (non-hydrogen) atoms. The Labute approximate surface area is 232 Å². The minimum Gasteiger partial charge on any atom is -0.497 e. The average molecular weight is 543 g/mol. The van der Waals surface area contributed by atoms with Crippen molar-refractivity contribution in [1.82, 2.24) is 9.88 Å². The first kappa shape index (κ1) is 26.1. The predicted octanol–water partition coefficient (Wildman–Crippen LogP) is 4.44. The Hall–Kier alpha value is -4.14. The molecule has 6 rings (SSSR count).